The molecule has 0 aromatic heterocycles. The van der Waals surface area contributed by atoms with Crippen molar-refractivity contribution < 1.29 is 5.11 Å². The minimum Gasteiger partial charge on any atom is -0.392 e. The summed E-state index contributed by atoms with van der Waals surface area (Å²) in [5.74, 6) is 0. The summed E-state index contributed by atoms with van der Waals surface area (Å²) in [7, 11) is 0. The fourth-order valence-corrected chi connectivity index (χ4v) is 2.18. The van der Waals surface area contributed by atoms with E-state index in [0.717, 1.165) is 4.90 Å². The molecular weight excluding hydrogens is 239 g/mol. The molecule has 78 valence electrons. The zero-order chi connectivity index (χ0) is 10.7. The number of hydrogen-bond donors (Lipinski definition) is 1. The maximum atomic E-state index is 9.33. The van der Waals surface area contributed by atoms with Crippen molar-refractivity contribution in [2.75, 3.05) is 0 Å². The van der Waals surface area contributed by atoms with Gasteiger partial charge in [0.15, 0.2) is 0 Å². The summed E-state index contributed by atoms with van der Waals surface area (Å²) in [6.07, 6.45) is -0.338. The minimum atomic E-state index is -0.338. The van der Waals surface area contributed by atoms with Gasteiger partial charge in [-0.3, -0.25) is 0 Å². The van der Waals surface area contributed by atoms with Crippen LogP contribution in [0.5, 0.6) is 0 Å². The third-order valence-corrected chi connectivity index (χ3v) is 3.92. The molecule has 2 atom stereocenters. The Morgan fingerprint density at radius 1 is 1.21 bits per heavy atom. The van der Waals surface area contributed by atoms with Gasteiger partial charge in [-0.1, -0.05) is 30.1 Å². The highest BCUT2D eigenvalue weighted by molar-refractivity contribution is 8.00. The number of halogens is 2. The summed E-state index contributed by atoms with van der Waals surface area (Å²) in [6.45, 7) is 3.74. The third kappa shape index (κ3) is 3.35. The molecule has 0 fully saturated rings. The average Bonchev–Trinajstić information content (AvgIpc) is 2.11. The SMILES string of the molecule is CC(O)C(C)Sc1ccc(Cl)c(Cl)c1. The topological polar surface area (TPSA) is 20.2 Å². The normalized spacial score (nSPS) is 15.2. The molecule has 0 heterocycles. The van der Waals surface area contributed by atoms with E-state index in [4.69, 9.17) is 23.2 Å². The van der Waals surface area contributed by atoms with Gasteiger partial charge in [-0.2, -0.15) is 0 Å². The van der Waals surface area contributed by atoms with Crippen LogP contribution in [0.1, 0.15) is 13.8 Å². The minimum absolute atomic E-state index is 0.146. The average molecular weight is 251 g/mol. The van der Waals surface area contributed by atoms with Crippen molar-refractivity contribution in [3.63, 3.8) is 0 Å². The molecule has 1 aromatic carbocycles. The molecule has 0 radical (unpaired) electrons. The first-order valence-electron chi connectivity index (χ1n) is 4.30. The lowest BCUT2D eigenvalue weighted by atomic mass is 10.3. The lowest BCUT2D eigenvalue weighted by Crippen LogP contribution is -2.14. The summed E-state index contributed by atoms with van der Waals surface area (Å²) in [4.78, 5) is 1.02. The zero-order valence-electron chi connectivity index (χ0n) is 8.00. The van der Waals surface area contributed by atoms with Crippen LogP contribution in [0.4, 0.5) is 0 Å². The molecule has 0 saturated heterocycles. The Morgan fingerprint density at radius 3 is 2.36 bits per heavy atom. The van der Waals surface area contributed by atoms with Gasteiger partial charge >= 0.3 is 0 Å². The van der Waals surface area contributed by atoms with Crippen LogP contribution in [0.25, 0.3) is 0 Å². The second-order valence-electron chi connectivity index (χ2n) is 3.14. The molecule has 0 saturated carbocycles. The number of thioether (sulfide) groups is 1. The number of hydrogen-bond acceptors (Lipinski definition) is 2. The Bertz CT molecular complexity index is 315. The van der Waals surface area contributed by atoms with Crippen LogP contribution in [0.15, 0.2) is 23.1 Å². The summed E-state index contributed by atoms with van der Waals surface area (Å²) >= 11 is 13.2. The molecule has 0 bridgehead atoms. The van der Waals surface area contributed by atoms with E-state index in [0.29, 0.717) is 10.0 Å². The van der Waals surface area contributed by atoms with Crippen LogP contribution in [-0.2, 0) is 0 Å². The first-order valence-corrected chi connectivity index (χ1v) is 5.94. The summed E-state index contributed by atoms with van der Waals surface area (Å²) < 4.78 is 0. The molecule has 0 aliphatic carbocycles. The molecule has 1 aromatic rings. The quantitative estimate of drug-likeness (QED) is 0.823. The molecule has 0 amide bonds. The van der Waals surface area contributed by atoms with E-state index in [1.807, 2.05) is 19.1 Å². The van der Waals surface area contributed by atoms with Gasteiger partial charge in [0.1, 0.15) is 0 Å². The Kier molecular flexibility index (Phi) is 4.58. The standard InChI is InChI=1S/C10H12Cl2OS/c1-6(13)7(2)14-8-3-4-9(11)10(12)5-8/h3-7,13H,1-2H3. The molecule has 0 aliphatic heterocycles. The highest BCUT2D eigenvalue weighted by Gasteiger charge is 2.10. The fourth-order valence-electron chi connectivity index (χ4n) is 0.863. The number of benzene rings is 1. The first kappa shape index (κ1) is 12.2. The highest BCUT2D eigenvalue weighted by atomic mass is 35.5. The number of aliphatic hydroxyl groups excluding tert-OH is 1. The van der Waals surface area contributed by atoms with Crippen molar-refractivity contribution >= 4 is 35.0 Å². The Balaban J connectivity index is 2.73. The Morgan fingerprint density at radius 2 is 1.86 bits per heavy atom. The summed E-state index contributed by atoms with van der Waals surface area (Å²) in [5.41, 5.74) is 0. The van der Waals surface area contributed by atoms with Crippen LogP contribution in [0.2, 0.25) is 10.0 Å². The van der Waals surface area contributed by atoms with Gasteiger partial charge < -0.3 is 5.11 Å². The van der Waals surface area contributed by atoms with Crippen molar-refractivity contribution in [1.29, 1.82) is 0 Å². The van der Waals surface area contributed by atoms with E-state index in [2.05, 4.69) is 0 Å². The molecule has 4 heteroatoms. The second kappa shape index (κ2) is 5.26. The molecule has 0 spiro atoms. The van der Waals surface area contributed by atoms with Crippen molar-refractivity contribution in [2.45, 2.75) is 30.1 Å². The van der Waals surface area contributed by atoms with E-state index < -0.39 is 0 Å². The number of aliphatic hydroxyl groups is 1. The van der Waals surface area contributed by atoms with E-state index in [-0.39, 0.29) is 11.4 Å². The van der Waals surface area contributed by atoms with Crippen LogP contribution in [0.3, 0.4) is 0 Å². The Labute approximate surface area is 98.4 Å². The lowest BCUT2D eigenvalue weighted by Gasteiger charge is -2.14. The van der Waals surface area contributed by atoms with Crippen LogP contribution in [0, 0.1) is 0 Å². The smallest absolute Gasteiger partial charge is 0.0631 e. The fraction of sp³-hybridized carbons (Fsp3) is 0.400. The van der Waals surface area contributed by atoms with Gasteiger partial charge in [0.2, 0.25) is 0 Å². The molecular formula is C10H12Cl2OS. The first-order chi connectivity index (χ1) is 6.50. The van der Waals surface area contributed by atoms with E-state index in [1.165, 1.54) is 0 Å². The molecule has 14 heavy (non-hydrogen) atoms. The van der Waals surface area contributed by atoms with Crippen LogP contribution >= 0.6 is 35.0 Å². The number of rotatable bonds is 3. The van der Waals surface area contributed by atoms with Crippen LogP contribution < -0.4 is 0 Å². The van der Waals surface area contributed by atoms with Crippen LogP contribution in [-0.4, -0.2) is 16.5 Å². The maximum absolute atomic E-state index is 9.33. The van der Waals surface area contributed by atoms with Crippen molar-refractivity contribution in [2.24, 2.45) is 0 Å². The van der Waals surface area contributed by atoms with Gasteiger partial charge in [0.25, 0.3) is 0 Å². The molecule has 1 nitrogen and oxygen atoms in total. The third-order valence-electron chi connectivity index (χ3n) is 1.89. The van der Waals surface area contributed by atoms with Gasteiger partial charge in [-0.05, 0) is 25.1 Å². The monoisotopic (exact) mass is 250 g/mol. The van der Waals surface area contributed by atoms with Gasteiger partial charge in [-0.25, -0.2) is 0 Å². The van der Waals surface area contributed by atoms with Crippen molar-refractivity contribution in [3.05, 3.63) is 28.2 Å². The van der Waals surface area contributed by atoms with Crippen molar-refractivity contribution in [1.82, 2.24) is 0 Å². The zero-order valence-corrected chi connectivity index (χ0v) is 10.3. The molecule has 1 N–H and O–H groups in total. The predicted molar refractivity (Wildman–Crippen MR) is 63.5 cm³/mol. The van der Waals surface area contributed by atoms with E-state index in [9.17, 15) is 5.11 Å². The Hall–Kier alpha value is 0.110. The second-order valence-corrected chi connectivity index (χ2v) is 5.40. The lowest BCUT2D eigenvalue weighted by molar-refractivity contribution is 0.196. The summed E-state index contributed by atoms with van der Waals surface area (Å²) in [5, 5.41) is 10.6. The predicted octanol–water partition coefficient (Wildman–Crippen LogP) is 3.85. The largest absolute Gasteiger partial charge is 0.392 e. The highest BCUT2D eigenvalue weighted by Crippen LogP contribution is 2.30. The van der Waals surface area contributed by atoms with E-state index in [1.54, 1.807) is 24.8 Å². The summed E-state index contributed by atoms with van der Waals surface area (Å²) in [6, 6.07) is 5.48. The van der Waals surface area contributed by atoms with Gasteiger partial charge in [0, 0.05) is 10.1 Å². The molecule has 0 aliphatic rings. The van der Waals surface area contributed by atoms with Crippen molar-refractivity contribution in [3.8, 4) is 0 Å². The van der Waals surface area contributed by atoms with Gasteiger partial charge in [-0.15, -0.1) is 11.8 Å². The van der Waals surface area contributed by atoms with E-state index >= 15 is 0 Å². The maximum Gasteiger partial charge on any atom is 0.0631 e. The molecule has 1 rings (SSSR count). The molecule has 2 unspecified atom stereocenters. The van der Waals surface area contributed by atoms with Gasteiger partial charge in [0.05, 0.1) is 16.1 Å².